The van der Waals surface area contributed by atoms with Gasteiger partial charge in [-0.1, -0.05) is 6.92 Å². The topological polar surface area (TPSA) is 95.9 Å². The lowest BCUT2D eigenvalue weighted by Crippen LogP contribution is -2.33. The Morgan fingerprint density at radius 3 is 2.62 bits per heavy atom. The van der Waals surface area contributed by atoms with Crippen molar-refractivity contribution < 1.29 is 23.1 Å². The number of hydrogen-bond acceptors (Lipinski definition) is 5. The van der Waals surface area contributed by atoms with E-state index in [1.54, 1.807) is 0 Å². The van der Waals surface area contributed by atoms with Crippen molar-refractivity contribution in [1.82, 2.24) is 9.62 Å². The average Bonchev–Trinajstić information content (AvgIpc) is 2.45. The molecule has 21 heavy (non-hydrogen) atoms. The van der Waals surface area contributed by atoms with Gasteiger partial charge in [-0.05, 0) is 31.8 Å². The fourth-order valence-corrected chi connectivity index (χ4v) is 2.68. The fraction of sp³-hybridized carbons (Fsp3) is 0.462. The SMILES string of the molecule is CCN(C)CCNS(=O)(=O)c1ccc(OC)c(C(=O)O)c1. The van der Waals surface area contributed by atoms with Crippen LogP contribution >= 0.6 is 0 Å². The van der Waals surface area contributed by atoms with E-state index in [0.717, 1.165) is 12.6 Å². The zero-order chi connectivity index (χ0) is 16.0. The van der Waals surface area contributed by atoms with Crippen molar-refractivity contribution in [2.45, 2.75) is 11.8 Å². The highest BCUT2D eigenvalue weighted by Gasteiger charge is 2.19. The Morgan fingerprint density at radius 2 is 2.10 bits per heavy atom. The van der Waals surface area contributed by atoms with Crippen molar-refractivity contribution >= 4 is 16.0 Å². The molecule has 0 saturated carbocycles. The van der Waals surface area contributed by atoms with Crippen LogP contribution in [0.5, 0.6) is 5.75 Å². The lowest BCUT2D eigenvalue weighted by Gasteiger charge is -2.14. The molecule has 0 radical (unpaired) electrons. The molecule has 0 atom stereocenters. The van der Waals surface area contributed by atoms with E-state index < -0.39 is 16.0 Å². The van der Waals surface area contributed by atoms with Crippen LogP contribution in [0.3, 0.4) is 0 Å². The molecular formula is C13H20N2O5S. The van der Waals surface area contributed by atoms with Gasteiger partial charge in [0.05, 0.1) is 12.0 Å². The molecule has 0 aliphatic heterocycles. The first-order valence-electron chi connectivity index (χ1n) is 6.41. The standard InChI is InChI=1S/C13H20N2O5S/c1-4-15(2)8-7-14-21(18,19)10-5-6-12(20-3)11(9-10)13(16)17/h5-6,9,14H,4,7-8H2,1-3H3,(H,16,17). The Hall–Kier alpha value is -1.64. The van der Waals surface area contributed by atoms with Gasteiger partial charge in [-0.3, -0.25) is 0 Å². The zero-order valence-electron chi connectivity index (χ0n) is 12.3. The number of aromatic carboxylic acids is 1. The van der Waals surface area contributed by atoms with Gasteiger partial charge in [0.15, 0.2) is 0 Å². The van der Waals surface area contributed by atoms with E-state index in [4.69, 9.17) is 9.84 Å². The van der Waals surface area contributed by atoms with Gasteiger partial charge < -0.3 is 14.7 Å². The lowest BCUT2D eigenvalue weighted by molar-refractivity contribution is 0.0693. The summed E-state index contributed by atoms with van der Waals surface area (Å²) in [6.07, 6.45) is 0. The van der Waals surface area contributed by atoms with E-state index in [1.807, 2.05) is 18.9 Å². The predicted octanol–water partition coefficient (Wildman–Crippen LogP) is 0.623. The molecule has 1 rings (SSSR count). The molecular weight excluding hydrogens is 296 g/mol. The number of rotatable bonds is 8. The molecule has 0 unspecified atom stereocenters. The Kier molecular flexibility index (Phi) is 6.13. The Morgan fingerprint density at radius 1 is 1.43 bits per heavy atom. The van der Waals surface area contributed by atoms with E-state index in [9.17, 15) is 13.2 Å². The van der Waals surface area contributed by atoms with E-state index >= 15 is 0 Å². The molecule has 0 amide bonds. The third-order valence-corrected chi connectivity index (χ3v) is 4.50. The smallest absolute Gasteiger partial charge is 0.339 e. The van der Waals surface area contributed by atoms with E-state index in [2.05, 4.69) is 4.72 Å². The number of carboxylic acids is 1. The molecule has 8 heteroatoms. The maximum Gasteiger partial charge on any atom is 0.339 e. The van der Waals surface area contributed by atoms with Crippen molar-refractivity contribution in [3.05, 3.63) is 23.8 Å². The summed E-state index contributed by atoms with van der Waals surface area (Å²) in [5, 5.41) is 9.07. The predicted molar refractivity (Wildman–Crippen MR) is 78.3 cm³/mol. The van der Waals surface area contributed by atoms with E-state index in [1.165, 1.54) is 19.2 Å². The molecule has 0 aliphatic rings. The number of methoxy groups -OCH3 is 1. The summed E-state index contributed by atoms with van der Waals surface area (Å²) in [7, 11) is -0.533. The third-order valence-electron chi connectivity index (χ3n) is 3.04. The number of hydrogen-bond donors (Lipinski definition) is 2. The van der Waals surface area contributed by atoms with Gasteiger partial charge in [0.1, 0.15) is 11.3 Å². The minimum absolute atomic E-state index is 0.0974. The van der Waals surface area contributed by atoms with Gasteiger partial charge in [0, 0.05) is 13.1 Å². The van der Waals surface area contributed by atoms with Crippen LogP contribution in [0.25, 0.3) is 0 Å². The molecule has 0 aromatic heterocycles. The number of carbonyl (C=O) groups is 1. The Bertz CT molecular complexity index is 601. The molecule has 118 valence electrons. The lowest BCUT2D eigenvalue weighted by atomic mass is 10.2. The number of benzene rings is 1. The number of ether oxygens (including phenoxy) is 1. The molecule has 7 nitrogen and oxygen atoms in total. The molecule has 2 N–H and O–H groups in total. The second kappa shape index (κ2) is 7.39. The molecule has 0 heterocycles. The van der Waals surface area contributed by atoms with Gasteiger partial charge in [-0.2, -0.15) is 0 Å². The van der Waals surface area contributed by atoms with Crippen molar-refractivity contribution in [3.8, 4) is 5.75 Å². The maximum absolute atomic E-state index is 12.1. The van der Waals surface area contributed by atoms with E-state index in [-0.39, 0.29) is 22.8 Å². The van der Waals surface area contributed by atoms with Gasteiger partial charge in [-0.25, -0.2) is 17.9 Å². The minimum atomic E-state index is -3.74. The van der Waals surface area contributed by atoms with Gasteiger partial charge in [-0.15, -0.1) is 0 Å². The number of nitrogens with zero attached hydrogens (tertiary/aromatic N) is 1. The minimum Gasteiger partial charge on any atom is -0.496 e. The third kappa shape index (κ3) is 4.69. The molecule has 0 bridgehead atoms. The maximum atomic E-state index is 12.1. The summed E-state index contributed by atoms with van der Waals surface area (Å²) in [6, 6.07) is 3.74. The molecule has 0 aliphatic carbocycles. The van der Waals surface area contributed by atoms with Gasteiger partial charge in [0.25, 0.3) is 0 Å². The summed E-state index contributed by atoms with van der Waals surface area (Å²) >= 11 is 0. The molecule has 1 aromatic rings. The molecule has 0 spiro atoms. The number of nitrogens with one attached hydrogen (secondary N) is 1. The van der Waals surface area contributed by atoms with Crippen LogP contribution in [0.1, 0.15) is 17.3 Å². The van der Waals surface area contributed by atoms with Crippen LogP contribution in [-0.4, -0.2) is 58.2 Å². The summed E-state index contributed by atoms with van der Waals surface area (Å²) in [4.78, 5) is 13.0. The van der Waals surface area contributed by atoms with Crippen LogP contribution in [0, 0.1) is 0 Å². The summed E-state index contributed by atoms with van der Waals surface area (Å²) in [6.45, 7) is 3.60. The highest BCUT2D eigenvalue weighted by molar-refractivity contribution is 7.89. The van der Waals surface area contributed by atoms with Gasteiger partial charge >= 0.3 is 5.97 Å². The van der Waals surface area contributed by atoms with Crippen LogP contribution < -0.4 is 9.46 Å². The fourth-order valence-electron chi connectivity index (χ4n) is 1.63. The first-order valence-corrected chi connectivity index (χ1v) is 7.89. The molecule has 0 saturated heterocycles. The highest BCUT2D eigenvalue weighted by atomic mass is 32.2. The average molecular weight is 316 g/mol. The van der Waals surface area contributed by atoms with Gasteiger partial charge in [0.2, 0.25) is 10.0 Å². The first kappa shape index (κ1) is 17.4. The first-order chi connectivity index (χ1) is 9.81. The second-order valence-corrected chi connectivity index (χ2v) is 6.23. The van der Waals surface area contributed by atoms with Crippen LogP contribution in [0.2, 0.25) is 0 Å². The Labute approximate surface area is 124 Å². The summed E-state index contributed by atoms with van der Waals surface area (Å²) in [5.74, 6) is -1.12. The quantitative estimate of drug-likeness (QED) is 0.730. The van der Waals surface area contributed by atoms with Crippen molar-refractivity contribution in [3.63, 3.8) is 0 Å². The van der Waals surface area contributed by atoms with Crippen molar-refractivity contribution in [2.75, 3.05) is 33.8 Å². The molecule has 1 aromatic carbocycles. The summed E-state index contributed by atoms with van der Waals surface area (Å²) in [5.41, 5.74) is -0.189. The van der Waals surface area contributed by atoms with Crippen LogP contribution in [0.4, 0.5) is 0 Å². The van der Waals surface area contributed by atoms with Crippen molar-refractivity contribution in [2.24, 2.45) is 0 Å². The number of likely N-dealkylation sites (N-methyl/N-ethyl adjacent to an activating group) is 1. The second-order valence-electron chi connectivity index (χ2n) is 4.46. The number of carboxylic acid groups (broad SMARTS) is 1. The normalized spacial score (nSPS) is 11.6. The van der Waals surface area contributed by atoms with Crippen LogP contribution in [0.15, 0.2) is 23.1 Å². The van der Waals surface area contributed by atoms with Crippen LogP contribution in [-0.2, 0) is 10.0 Å². The molecule has 0 fully saturated rings. The monoisotopic (exact) mass is 316 g/mol. The zero-order valence-corrected chi connectivity index (χ0v) is 13.1. The highest BCUT2D eigenvalue weighted by Crippen LogP contribution is 2.22. The largest absolute Gasteiger partial charge is 0.496 e. The summed E-state index contributed by atoms with van der Waals surface area (Å²) < 4.78 is 31.6. The van der Waals surface area contributed by atoms with Crippen molar-refractivity contribution in [1.29, 1.82) is 0 Å². The van der Waals surface area contributed by atoms with E-state index in [0.29, 0.717) is 6.54 Å². The Balaban J connectivity index is 2.93. The number of sulfonamides is 1.